The maximum atomic E-state index is 6.09. The molecular formula is C16H12ClN. The molecule has 2 heteroatoms. The zero-order valence-corrected chi connectivity index (χ0v) is 10.8. The number of benzene rings is 2. The van der Waals surface area contributed by atoms with Crippen LogP contribution in [0, 0.1) is 6.92 Å². The average Bonchev–Trinajstić information content (AvgIpc) is 2.37. The number of pyridine rings is 1. The fourth-order valence-electron chi connectivity index (χ4n) is 2.11. The van der Waals surface area contributed by atoms with Crippen molar-refractivity contribution in [2.45, 2.75) is 6.92 Å². The highest BCUT2D eigenvalue weighted by Gasteiger charge is 2.03. The van der Waals surface area contributed by atoms with Gasteiger partial charge in [0.25, 0.3) is 0 Å². The molecule has 3 rings (SSSR count). The zero-order valence-electron chi connectivity index (χ0n) is 10.0. The standard InChI is InChI=1S/C16H12ClN/c1-11-8-13(10-14(17)9-11)16-7-6-12-4-2-3-5-15(12)18-16/h2-10H,1H3. The Morgan fingerprint density at radius 1 is 0.944 bits per heavy atom. The monoisotopic (exact) mass is 253 g/mol. The SMILES string of the molecule is Cc1cc(Cl)cc(-c2ccc3ccccc3n2)c1. The van der Waals surface area contributed by atoms with Crippen LogP contribution in [-0.4, -0.2) is 4.98 Å². The first kappa shape index (κ1) is 11.2. The van der Waals surface area contributed by atoms with Gasteiger partial charge in [0.2, 0.25) is 0 Å². The van der Waals surface area contributed by atoms with Gasteiger partial charge in [-0.05, 0) is 42.8 Å². The van der Waals surface area contributed by atoms with Crippen LogP contribution in [0.4, 0.5) is 0 Å². The fourth-order valence-corrected chi connectivity index (χ4v) is 2.40. The number of aromatic nitrogens is 1. The first-order valence-corrected chi connectivity index (χ1v) is 6.23. The summed E-state index contributed by atoms with van der Waals surface area (Å²) in [7, 11) is 0. The van der Waals surface area contributed by atoms with E-state index in [9.17, 15) is 0 Å². The Hall–Kier alpha value is -1.86. The van der Waals surface area contributed by atoms with Gasteiger partial charge in [-0.25, -0.2) is 4.98 Å². The lowest BCUT2D eigenvalue weighted by molar-refractivity contribution is 1.38. The highest BCUT2D eigenvalue weighted by Crippen LogP contribution is 2.25. The second kappa shape index (κ2) is 4.43. The summed E-state index contributed by atoms with van der Waals surface area (Å²) < 4.78 is 0. The van der Waals surface area contributed by atoms with Gasteiger partial charge in [-0.2, -0.15) is 0 Å². The Morgan fingerprint density at radius 2 is 1.78 bits per heavy atom. The second-order valence-corrected chi connectivity index (χ2v) is 4.84. The number of hydrogen-bond acceptors (Lipinski definition) is 1. The summed E-state index contributed by atoms with van der Waals surface area (Å²) in [6, 6.07) is 18.2. The summed E-state index contributed by atoms with van der Waals surface area (Å²) in [5, 5.41) is 1.90. The van der Waals surface area contributed by atoms with E-state index in [4.69, 9.17) is 11.6 Å². The van der Waals surface area contributed by atoms with Gasteiger partial charge in [0.1, 0.15) is 0 Å². The Bertz CT molecular complexity index is 699. The number of para-hydroxylation sites is 1. The molecule has 0 atom stereocenters. The molecule has 0 unspecified atom stereocenters. The van der Waals surface area contributed by atoms with Crippen molar-refractivity contribution in [2.75, 3.05) is 0 Å². The largest absolute Gasteiger partial charge is 0.248 e. The molecule has 0 aliphatic rings. The van der Waals surface area contributed by atoms with Gasteiger partial charge in [0.15, 0.2) is 0 Å². The maximum Gasteiger partial charge on any atom is 0.0710 e. The fraction of sp³-hybridized carbons (Fsp3) is 0.0625. The summed E-state index contributed by atoms with van der Waals surface area (Å²) >= 11 is 6.09. The Balaban J connectivity index is 2.19. The van der Waals surface area contributed by atoms with Crippen LogP contribution < -0.4 is 0 Å². The van der Waals surface area contributed by atoms with Gasteiger partial charge in [0, 0.05) is 16.0 Å². The number of nitrogens with zero attached hydrogens (tertiary/aromatic N) is 1. The smallest absolute Gasteiger partial charge is 0.0710 e. The van der Waals surface area contributed by atoms with Gasteiger partial charge in [-0.3, -0.25) is 0 Å². The number of halogens is 1. The molecule has 88 valence electrons. The van der Waals surface area contributed by atoms with Crippen LogP contribution >= 0.6 is 11.6 Å². The van der Waals surface area contributed by atoms with Crippen molar-refractivity contribution in [3.8, 4) is 11.3 Å². The molecule has 2 aromatic carbocycles. The molecule has 0 saturated heterocycles. The Kier molecular flexibility index (Phi) is 2.77. The van der Waals surface area contributed by atoms with Gasteiger partial charge < -0.3 is 0 Å². The predicted molar refractivity (Wildman–Crippen MR) is 76.9 cm³/mol. The summed E-state index contributed by atoms with van der Waals surface area (Å²) in [5.74, 6) is 0. The first-order valence-electron chi connectivity index (χ1n) is 5.86. The molecule has 0 saturated carbocycles. The molecule has 0 fully saturated rings. The topological polar surface area (TPSA) is 12.9 Å². The minimum absolute atomic E-state index is 0.750. The van der Waals surface area contributed by atoms with E-state index in [-0.39, 0.29) is 0 Å². The minimum Gasteiger partial charge on any atom is -0.248 e. The number of aryl methyl sites for hydroxylation is 1. The summed E-state index contributed by atoms with van der Waals surface area (Å²) in [5.41, 5.74) is 4.17. The molecule has 0 radical (unpaired) electrons. The molecule has 0 aliphatic heterocycles. The van der Waals surface area contributed by atoms with Crippen LogP contribution in [0.25, 0.3) is 22.2 Å². The quantitative estimate of drug-likeness (QED) is 0.603. The zero-order chi connectivity index (χ0) is 12.5. The van der Waals surface area contributed by atoms with E-state index >= 15 is 0 Å². The molecule has 3 aromatic rings. The lowest BCUT2D eigenvalue weighted by atomic mass is 10.1. The van der Waals surface area contributed by atoms with E-state index in [1.807, 2.05) is 43.3 Å². The van der Waals surface area contributed by atoms with Crippen LogP contribution in [-0.2, 0) is 0 Å². The van der Waals surface area contributed by atoms with Gasteiger partial charge in [-0.15, -0.1) is 0 Å². The lowest BCUT2D eigenvalue weighted by Gasteiger charge is -2.05. The highest BCUT2D eigenvalue weighted by molar-refractivity contribution is 6.30. The predicted octanol–water partition coefficient (Wildman–Crippen LogP) is 4.86. The van der Waals surface area contributed by atoms with Crippen molar-refractivity contribution < 1.29 is 0 Å². The van der Waals surface area contributed by atoms with E-state index in [1.165, 1.54) is 0 Å². The summed E-state index contributed by atoms with van der Waals surface area (Å²) in [4.78, 5) is 4.67. The molecule has 1 aromatic heterocycles. The van der Waals surface area contributed by atoms with Crippen molar-refractivity contribution in [2.24, 2.45) is 0 Å². The summed E-state index contributed by atoms with van der Waals surface area (Å²) in [6.45, 7) is 2.04. The molecular weight excluding hydrogens is 242 g/mol. The lowest BCUT2D eigenvalue weighted by Crippen LogP contribution is -1.86. The molecule has 0 amide bonds. The Labute approximate surface area is 111 Å². The van der Waals surface area contributed by atoms with Crippen molar-refractivity contribution in [1.29, 1.82) is 0 Å². The molecule has 18 heavy (non-hydrogen) atoms. The first-order chi connectivity index (χ1) is 8.72. The van der Waals surface area contributed by atoms with Crippen LogP contribution in [0.15, 0.2) is 54.6 Å². The van der Waals surface area contributed by atoms with Gasteiger partial charge in [-0.1, -0.05) is 35.9 Å². The van der Waals surface area contributed by atoms with Crippen molar-refractivity contribution in [3.63, 3.8) is 0 Å². The molecule has 0 aliphatic carbocycles. The number of rotatable bonds is 1. The molecule has 0 N–H and O–H groups in total. The Morgan fingerprint density at radius 3 is 2.61 bits per heavy atom. The second-order valence-electron chi connectivity index (χ2n) is 4.41. The van der Waals surface area contributed by atoms with Crippen molar-refractivity contribution in [3.05, 3.63) is 65.2 Å². The third kappa shape index (κ3) is 2.09. The van der Waals surface area contributed by atoms with Crippen LogP contribution in [0.1, 0.15) is 5.56 Å². The van der Waals surface area contributed by atoms with Crippen LogP contribution in [0.5, 0.6) is 0 Å². The van der Waals surface area contributed by atoms with E-state index in [2.05, 4.69) is 23.2 Å². The maximum absolute atomic E-state index is 6.09. The van der Waals surface area contributed by atoms with Crippen molar-refractivity contribution >= 4 is 22.5 Å². The summed E-state index contributed by atoms with van der Waals surface area (Å²) in [6.07, 6.45) is 0. The van der Waals surface area contributed by atoms with Crippen molar-refractivity contribution in [1.82, 2.24) is 4.98 Å². The number of fused-ring (bicyclic) bond motifs is 1. The van der Waals surface area contributed by atoms with E-state index in [0.717, 1.165) is 32.7 Å². The average molecular weight is 254 g/mol. The van der Waals surface area contributed by atoms with Gasteiger partial charge in [0.05, 0.1) is 11.2 Å². The van der Waals surface area contributed by atoms with Crippen LogP contribution in [0.2, 0.25) is 5.02 Å². The van der Waals surface area contributed by atoms with E-state index in [0.29, 0.717) is 0 Å². The van der Waals surface area contributed by atoms with E-state index < -0.39 is 0 Å². The third-order valence-electron chi connectivity index (χ3n) is 2.94. The molecule has 1 nitrogen and oxygen atoms in total. The minimum atomic E-state index is 0.750. The molecule has 0 spiro atoms. The third-order valence-corrected chi connectivity index (χ3v) is 3.15. The van der Waals surface area contributed by atoms with Crippen LogP contribution in [0.3, 0.4) is 0 Å². The normalized spacial score (nSPS) is 10.8. The van der Waals surface area contributed by atoms with Gasteiger partial charge >= 0.3 is 0 Å². The number of hydrogen-bond donors (Lipinski definition) is 0. The van der Waals surface area contributed by atoms with E-state index in [1.54, 1.807) is 0 Å². The molecule has 0 bridgehead atoms. The molecule has 1 heterocycles. The highest BCUT2D eigenvalue weighted by atomic mass is 35.5.